The van der Waals surface area contributed by atoms with Crippen molar-refractivity contribution in [3.8, 4) is 0 Å². The number of hydrogen-bond acceptors (Lipinski definition) is 8. The zero-order valence-electron chi connectivity index (χ0n) is 14.3. The molecule has 10 nitrogen and oxygen atoms in total. The van der Waals surface area contributed by atoms with Gasteiger partial charge in [0.25, 0.3) is 5.69 Å². The zero-order valence-corrected chi connectivity index (χ0v) is 16.0. The third-order valence-corrected chi connectivity index (χ3v) is 5.84. The van der Waals surface area contributed by atoms with Crippen molar-refractivity contribution in [2.24, 2.45) is 5.73 Å². The summed E-state index contributed by atoms with van der Waals surface area (Å²) in [7, 11) is -3.88. The Labute approximate surface area is 162 Å². The Kier molecular flexibility index (Phi) is 6.52. The van der Waals surface area contributed by atoms with Gasteiger partial charge in [0.15, 0.2) is 5.82 Å². The number of aromatic nitrogens is 2. The number of nitro groups is 1. The van der Waals surface area contributed by atoms with E-state index in [4.69, 9.17) is 10.3 Å². The van der Waals surface area contributed by atoms with Crippen LogP contribution in [0.5, 0.6) is 0 Å². The first kappa shape index (κ1) is 21.2. The molecule has 0 atom stereocenters. The molecule has 0 unspecified atom stereocenters. The van der Waals surface area contributed by atoms with Gasteiger partial charge in [-0.1, -0.05) is 24.1 Å². The number of benzene rings is 1. The highest BCUT2D eigenvalue weighted by Crippen LogP contribution is 2.34. The van der Waals surface area contributed by atoms with Gasteiger partial charge in [0.05, 0.1) is 15.4 Å². The average Bonchev–Trinajstić information content (AvgIpc) is 3.25. The SMILES string of the molecule is Cl.NC1(c2noc(CCNS(=O)(=O)c3cccc([N+](=O)[O-])c3)n2)CCCC1. The fraction of sp³-hybridized carbons (Fsp3) is 0.467. The van der Waals surface area contributed by atoms with E-state index in [1.807, 2.05) is 0 Å². The Hall–Kier alpha value is -2.08. The summed E-state index contributed by atoms with van der Waals surface area (Å²) in [4.78, 5) is 14.2. The standard InChI is InChI=1S/C15H19N5O5S.ClH/c16-15(7-1-2-8-15)14-18-13(25-19-14)6-9-17-26(23,24)12-5-3-4-11(10-12)20(21)22;/h3-5,10,17H,1-2,6-9,16H2;1H. The molecule has 1 aromatic carbocycles. The van der Waals surface area contributed by atoms with Crippen LogP contribution in [-0.2, 0) is 22.0 Å². The van der Waals surface area contributed by atoms with Crippen LogP contribution >= 0.6 is 12.4 Å². The van der Waals surface area contributed by atoms with Gasteiger partial charge in [-0.05, 0) is 18.9 Å². The molecular formula is C15H20ClN5O5S. The first-order valence-corrected chi connectivity index (χ1v) is 9.65. The molecule has 1 fully saturated rings. The van der Waals surface area contributed by atoms with Gasteiger partial charge in [0.2, 0.25) is 15.9 Å². The van der Waals surface area contributed by atoms with Crippen LogP contribution in [0.3, 0.4) is 0 Å². The zero-order chi connectivity index (χ0) is 18.8. The summed E-state index contributed by atoms with van der Waals surface area (Å²) in [6.07, 6.45) is 3.82. The maximum Gasteiger partial charge on any atom is 0.270 e. The third kappa shape index (κ3) is 4.80. The predicted octanol–water partition coefficient (Wildman–Crippen LogP) is 1.65. The molecule has 2 aromatic rings. The summed E-state index contributed by atoms with van der Waals surface area (Å²) in [6, 6.07) is 4.84. The summed E-state index contributed by atoms with van der Waals surface area (Å²) >= 11 is 0. The summed E-state index contributed by atoms with van der Waals surface area (Å²) in [5.41, 5.74) is 5.40. The molecule has 0 spiro atoms. The molecule has 0 radical (unpaired) electrons. The Morgan fingerprint density at radius 1 is 1.33 bits per heavy atom. The first-order chi connectivity index (χ1) is 12.3. The minimum atomic E-state index is -3.88. The van der Waals surface area contributed by atoms with Crippen molar-refractivity contribution in [1.29, 1.82) is 0 Å². The molecule has 3 N–H and O–H groups in total. The van der Waals surface area contributed by atoms with Gasteiger partial charge in [0.1, 0.15) is 0 Å². The monoisotopic (exact) mass is 417 g/mol. The Morgan fingerprint density at radius 3 is 2.70 bits per heavy atom. The second-order valence-corrected chi connectivity index (χ2v) is 8.04. The van der Waals surface area contributed by atoms with E-state index in [1.54, 1.807) is 0 Å². The first-order valence-electron chi connectivity index (χ1n) is 8.16. The van der Waals surface area contributed by atoms with E-state index in [1.165, 1.54) is 18.2 Å². The van der Waals surface area contributed by atoms with Crippen molar-refractivity contribution in [2.45, 2.75) is 42.5 Å². The molecule has 1 saturated carbocycles. The van der Waals surface area contributed by atoms with Gasteiger partial charge in [-0.2, -0.15) is 4.98 Å². The highest BCUT2D eigenvalue weighted by molar-refractivity contribution is 7.89. The van der Waals surface area contributed by atoms with Gasteiger partial charge >= 0.3 is 0 Å². The summed E-state index contributed by atoms with van der Waals surface area (Å²) in [5, 5.41) is 14.7. The molecule has 148 valence electrons. The van der Waals surface area contributed by atoms with E-state index < -0.39 is 20.5 Å². The lowest BCUT2D eigenvalue weighted by Crippen LogP contribution is -2.34. The number of rotatable bonds is 7. The fourth-order valence-corrected chi connectivity index (χ4v) is 4.00. The Bertz CT molecular complexity index is 911. The summed E-state index contributed by atoms with van der Waals surface area (Å²) < 4.78 is 32.0. The van der Waals surface area contributed by atoms with Crippen LogP contribution in [0.1, 0.15) is 37.4 Å². The molecule has 27 heavy (non-hydrogen) atoms. The van der Waals surface area contributed by atoms with Gasteiger partial charge in [-0.25, -0.2) is 13.1 Å². The van der Waals surface area contributed by atoms with Gasteiger partial charge in [0, 0.05) is 25.1 Å². The molecule has 0 amide bonds. The number of non-ortho nitro benzene ring substituents is 1. The number of halogens is 1. The molecule has 1 aliphatic rings. The van der Waals surface area contributed by atoms with Gasteiger partial charge in [-0.15, -0.1) is 12.4 Å². The second kappa shape index (κ2) is 8.30. The van der Waals surface area contributed by atoms with Crippen molar-refractivity contribution in [2.75, 3.05) is 6.54 Å². The predicted molar refractivity (Wildman–Crippen MR) is 97.9 cm³/mol. The minimum Gasteiger partial charge on any atom is -0.339 e. The van der Waals surface area contributed by atoms with E-state index in [9.17, 15) is 18.5 Å². The van der Waals surface area contributed by atoms with Crippen molar-refractivity contribution < 1.29 is 17.9 Å². The molecule has 1 aliphatic carbocycles. The topological polar surface area (TPSA) is 154 Å². The van der Waals surface area contributed by atoms with Crippen LogP contribution in [-0.4, -0.2) is 30.0 Å². The number of nitrogens with two attached hydrogens (primary N) is 1. The van der Waals surface area contributed by atoms with E-state index in [-0.39, 0.29) is 36.0 Å². The lowest BCUT2D eigenvalue weighted by molar-refractivity contribution is -0.385. The number of hydrogen-bond donors (Lipinski definition) is 2. The van der Waals surface area contributed by atoms with Gasteiger partial charge < -0.3 is 10.3 Å². The van der Waals surface area contributed by atoms with Crippen molar-refractivity contribution >= 4 is 28.1 Å². The highest BCUT2D eigenvalue weighted by atomic mass is 35.5. The number of sulfonamides is 1. The molecule has 0 aliphatic heterocycles. The van der Waals surface area contributed by atoms with Crippen LogP contribution < -0.4 is 10.5 Å². The Balaban J connectivity index is 0.00000261. The van der Waals surface area contributed by atoms with E-state index in [0.29, 0.717) is 11.7 Å². The van der Waals surface area contributed by atoms with Gasteiger partial charge in [-0.3, -0.25) is 10.1 Å². The van der Waals surface area contributed by atoms with Crippen LogP contribution in [0.15, 0.2) is 33.7 Å². The molecule has 0 bridgehead atoms. The minimum absolute atomic E-state index is 0. The summed E-state index contributed by atoms with van der Waals surface area (Å²) in [6.45, 7) is 0.0181. The number of nitrogens with one attached hydrogen (secondary N) is 1. The second-order valence-electron chi connectivity index (χ2n) is 6.28. The van der Waals surface area contributed by atoms with Crippen molar-refractivity contribution in [3.05, 3.63) is 46.1 Å². The van der Waals surface area contributed by atoms with Crippen LogP contribution in [0.4, 0.5) is 5.69 Å². The van der Waals surface area contributed by atoms with Crippen molar-refractivity contribution in [1.82, 2.24) is 14.9 Å². The van der Waals surface area contributed by atoms with E-state index in [0.717, 1.165) is 31.7 Å². The maximum atomic E-state index is 12.2. The quantitative estimate of drug-likeness (QED) is 0.508. The molecule has 0 saturated heterocycles. The van der Waals surface area contributed by atoms with Crippen LogP contribution in [0.25, 0.3) is 0 Å². The lowest BCUT2D eigenvalue weighted by atomic mass is 9.99. The molecule has 12 heteroatoms. The average molecular weight is 418 g/mol. The molecule has 1 heterocycles. The van der Waals surface area contributed by atoms with Crippen LogP contribution in [0, 0.1) is 10.1 Å². The number of nitro benzene ring substituents is 1. The number of nitrogens with zero attached hydrogens (tertiary/aromatic N) is 3. The smallest absolute Gasteiger partial charge is 0.270 e. The Morgan fingerprint density at radius 2 is 2.04 bits per heavy atom. The molecular weight excluding hydrogens is 398 g/mol. The van der Waals surface area contributed by atoms with E-state index >= 15 is 0 Å². The normalized spacial score (nSPS) is 16.0. The summed E-state index contributed by atoms with van der Waals surface area (Å²) in [5.74, 6) is 0.741. The maximum absolute atomic E-state index is 12.2. The molecule has 1 aromatic heterocycles. The van der Waals surface area contributed by atoms with Crippen molar-refractivity contribution in [3.63, 3.8) is 0 Å². The van der Waals surface area contributed by atoms with Crippen LogP contribution in [0.2, 0.25) is 0 Å². The lowest BCUT2D eigenvalue weighted by Gasteiger charge is -2.17. The van der Waals surface area contributed by atoms with E-state index in [2.05, 4.69) is 14.9 Å². The highest BCUT2D eigenvalue weighted by Gasteiger charge is 2.35. The molecule has 3 rings (SSSR count). The third-order valence-electron chi connectivity index (χ3n) is 4.38. The fourth-order valence-electron chi connectivity index (χ4n) is 2.93. The largest absolute Gasteiger partial charge is 0.339 e.